The summed E-state index contributed by atoms with van der Waals surface area (Å²) in [4.78, 5) is 46.3. The second kappa shape index (κ2) is 9.98. The van der Waals surface area contributed by atoms with E-state index in [2.05, 4.69) is 9.97 Å². The van der Waals surface area contributed by atoms with Gasteiger partial charge in [0.1, 0.15) is 29.8 Å². The van der Waals surface area contributed by atoms with Gasteiger partial charge in [0.15, 0.2) is 0 Å². The zero-order chi connectivity index (χ0) is 28.0. The molecule has 1 N–H and O–H groups in total. The van der Waals surface area contributed by atoms with Crippen LogP contribution in [0.25, 0.3) is 32.2 Å². The molecule has 0 fully saturated rings. The van der Waals surface area contributed by atoms with Crippen molar-refractivity contribution in [2.45, 2.75) is 20.4 Å². The van der Waals surface area contributed by atoms with E-state index >= 15 is 0 Å². The van der Waals surface area contributed by atoms with Gasteiger partial charge in [-0.25, -0.2) is 9.78 Å². The lowest BCUT2D eigenvalue weighted by Gasteiger charge is -2.15. The number of ether oxygens (including phenoxy) is 1. The van der Waals surface area contributed by atoms with E-state index in [0.717, 1.165) is 5.56 Å². The van der Waals surface area contributed by atoms with Crippen molar-refractivity contribution >= 4 is 50.0 Å². The predicted octanol–water partition coefficient (Wildman–Crippen LogP) is 4.29. The van der Waals surface area contributed by atoms with E-state index in [4.69, 9.17) is 16.3 Å². The number of hydrogen-bond donors (Lipinski definition) is 1. The molecule has 0 saturated heterocycles. The van der Waals surface area contributed by atoms with Crippen LogP contribution in [0.3, 0.4) is 0 Å². The quantitative estimate of drug-likeness (QED) is 0.324. The topological polar surface area (TPSA) is 140 Å². The first kappa shape index (κ1) is 26.1. The number of aryl methyl sites for hydroxylation is 3. The number of fused-ring (bicyclic) bond motifs is 2. The molecule has 4 aromatic heterocycles. The molecule has 0 saturated carbocycles. The number of carbonyl (C=O) groups is 1. The number of hydrogen-bond acceptors (Lipinski definition) is 8. The number of pyridine rings is 2. The molecule has 0 aliphatic rings. The molecule has 0 amide bonds. The van der Waals surface area contributed by atoms with Gasteiger partial charge in [-0.05, 0) is 38.1 Å². The van der Waals surface area contributed by atoms with Crippen LogP contribution < -0.4 is 15.9 Å². The summed E-state index contributed by atoms with van der Waals surface area (Å²) >= 11 is 7.59. The van der Waals surface area contributed by atoms with Gasteiger partial charge in [0.05, 0.1) is 33.2 Å². The van der Waals surface area contributed by atoms with Gasteiger partial charge in [-0.3, -0.25) is 19.1 Å². The van der Waals surface area contributed by atoms with Crippen molar-refractivity contribution < 1.29 is 14.6 Å². The van der Waals surface area contributed by atoms with E-state index in [1.807, 2.05) is 12.1 Å². The van der Waals surface area contributed by atoms with Crippen molar-refractivity contribution in [1.29, 1.82) is 5.26 Å². The van der Waals surface area contributed by atoms with Gasteiger partial charge in [-0.2, -0.15) is 5.26 Å². The largest absolute Gasteiger partial charge is 0.491 e. The third-order valence-corrected chi connectivity index (χ3v) is 7.52. The Morgan fingerprint density at radius 3 is 2.67 bits per heavy atom. The fraction of sp³-hybridized carbons (Fsp3) is 0.185. The zero-order valence-electron chi connectivity index (χ0n) is 21.0. The van der Waals surface area contributed by atoms with Crippen LogP contribution >= 0.6 is 22.9 Å². The summed E-state index contributed by atoms with van der Waals surface area (Å²) in [5.41, 5.74) is 1.45. The number of nitrogens with zero attached hydrogens (tertiary/aromatic N) is 5. The molecule has 4 heterocycles. The highest BCUT2D eigenvalue weighted by Crippen LogP contribution is 2.40. The van der Waals surface area contributed by atoms with Crippen LogP contribution in [-0.4, -0.2) is 36.8 Å². The number of carboxylic acid groups (broad SMARTS) is 1. The molecule has 1 aromatic carbocycles. The lowest BCUT2D eigenvalue weighted by atomic mass is 10.0. The summed E-state index contributed by atoms with van der Waals surface area (Å²) in [7, 11) is 1.50. The average Bonchev–Trinajstić information content (AvgIpc) is 3.31. The second-order valence-electron chi connectivity index (χ2n) is 8.84. The fourth-order valence-electron chi connectivity index (χ4n) is 4.48. The number of rotatable bonds is 6. The molecule has 10 nitrogen and oxygen atoms in total. The Balaban J connectivity index is 1.53. The summed E-state index contributed by atoms with van der Waals surface area (Å²) < 4.78 is 9.38. The first-order chi connectivity index (χ1) is 18.6. The number of carboxylic acids is 1. The molecule has 0 spiro atoms. The van der Waals surface area contributed by atoms with Gasteiger partial charge >= 0.3 is 5.97 Å². The van der Waals surface area contributed by atoms with Crippen LogP contribution in [0.15, 0.2) is 45.4 Å². The zero-order valence-corrected chi connectivity index (χ0v) is 22.6. The van der Waals surface area contributed by atoms with E-state index < -0.39 is 17.1 Å². The van der Waals surface area contributed by atoms with Gasteiger partial charge in [-0.1, -0.05) is 11.6 Å². The molecule has 0 aliphatic heterocycles. The maximum Gasteiger partial charge on any atom is 0.338 e. The summed E-state index contributed by atoms with van der Waals surface area (Å²) in [5.74, 6) is -0.182. The van der Waals surface area contributed by atoms with Crippen LogP contribution in [0.5, 0.6) is 5.75 Å². The maximum atomic E-state index is 13.3. The van der Waals surface area contributed by atoms with E-state index in [9.17, 15) is 24.8 Å². The number of benzene rings is 1. The smallest absolute Gasteiger partial charge is 0.338 e. The highest BCUT2D eigenvalue weighted by atomic mass is 35.5. The molecule has 0 bridgehead atoms. The number of aromatic nitrogens is 4. The number of nitriles is 1. The number of aromatic carboxylic acids is 1. The van der Waals surface area contributed by atoms with Gasteiger partial charge in [0.2, 0.25) is 0 Å². The molecular formula is C27H20ClN5O5S. The molecule has 0 radical (unpaired) electrons. The van der Waals surface area contributed by atoms with Crippen molar-refractivity contribution in [2.75, 3.05) is 6.61 Å². The number of thiophene rings is 1. The van der Waals surface area contributed by atoms with E-state index in [1.165, 1.54) is 33.7 Å². The Labute approximate surface area is 229 Å². The van der Waals surface area contributed by atoms with Crippen LogP contribution in [0.2, 0.25) is 5.02 Å². The summed E-state index contributed by atoms with van der Waals surface area (Å²) in [5, 5.41) is 21.1. The van der Waals surface area contributed by atoms with Crippen molar-refractivity contribution in [1.82, 2.24) is 19.1 Å². The van der Waals surface area contributed by atoms with Crippen molar-refractivity contribution in [3.8, 4) is 22.9 Å². The lowest BCUT2D eigenvalue weighted by Crippen LogP contribution is -2.30. The van der Waals surface area contributed by atoms with E-state index in [-0.39, 0.29) is 35.2 Å². The highest BCUT2D eigenvalue weighted by molar-refractivity contribution is 7.18. The summed E-state index contributed by atoms with van der Waals surface area (Å²) in [6.07, 6.45) is 1.44. The molecule has 12 heteroatoms. The molecule has 196 valence electrons. The second-order valence-corrected chi connectivity index (χ2v) is 10.2. The molecule has 0 unspecified atom stereocenters. The minimum absolute atomic E-state index is 0.0278. The summed E-state index contributed by atoms with van der Waals surface area (Å²) in [6.45, 7) is 3.61. The first-order valence-corrected chi connectivity index (χ1v) is 12.9. The molecule has 5 aromatic rings. The SMILES string of the molecule is Cc1cc(-c2cc(Cl)ccc2OCCn2c(C)nc3cn(C)c(=O)c(C#N)c3c2=O)c2scc(C(=O)O)c2n1. The monoisotopic (exact) mass is 561 g/mol. The molecule has 0 aliphatic carbocycles. The number of halogens is 1. The van der Waals surface area contributed by atoms with Crippen LogP contribution in [-0.2, 0) is 13.6 Å². The first-order valence-electron chi connectivity index (χ1n) is 11.7. The minimum atomic E-state index is -1.06. The van der Waals surface area contributed by atoms with Gasteiger partial charge in [0, 0.05) is 40.5 Å². The minimum Gasteiger partial charge on any atom is -0.491 e. The standard InChI is InChI=1S/C27H20ClN5O5S/c1-13-8-17(24-23(30-13)19(12-39-24)27(36)37)16-9-15(28)4-5-21(16)38-7-6-33-14(2)31-20-11-32(3)25(34)18(10-29)22(20)26(33)35/h4-5,8-9,11-12H,6-7H2,1-3H3,(H,36,37). The lowest BCUT2D eigenvalue weighted by molar-refractivity contribution is 0.0699. The van der Waals surface area contributed by atoms with E-state index in [0.29, 0.717) is 38.1 Å². The normalized spacial score (nSPS) is 11.2. The van der Waals surface area contributed by atoms with Crippen molar-refractivity contribution in [3.05, 3.63) is 84.2 Å². The molecule has 0 atom stereocenters. The fourth-order valence-corrected chi connectivity index (χ4v) is 5.66. The maximum absolute atomic E-state index is 13.3. The van der Waals surface area contributed by atoms with Gasteiger partial charge in [-0.15, -0.1) is 11.3 Å². The van der Waals surface area contributed by atoms with Gasteiger partial charge < -0.3 is 14.4 Å². The summed E-state index contributed by atoms with van der Waals surface area (Å²) in [6, 6.07) is 8.79. The van der Waals surface area contributed by atoms with Crippen LogP contribution in [0, 0.1) is 25.2 Å². The van der Waals surface area contributed by atoms with Crippen LogP contribution in [0.1, 0.15) is 27.4 Å². The molecular weight excluding hydrogens is 542 g/mol. The Morgan fingerprint density at radius 2 is 1.95 bits per heavy atom. The third-order valence-electron chi connectivity index (χ3n) is 6.29. The Hall–Kier alpha value is -4.53. The van der Waals surface area contributed by atoms with Crippen LogP contribution in [0.4, 0.5) is 0 Å². The predicted molar refractivity (Wildman–Crippen MR) is 148 cm³/mol. The Bertz CT molecular complexity index is 1990. The van der Waals surface area contributed by atoms with Crippen molar-refractivity contribution in [2.24, 2.45) is 7.05 Å². The average molecular weight is 562 g/mol. The van der Waals surface area contributed by atoms with E-state index in [1.54, 1.807) is 37.4 Å². The molecule has 5 rings (SSSR count). The van der Waals surface area contributed by atoms with Crippen molar-refractivity contribution in [3.63, 3.8) is 0 Å². The molecule has 39 heavy (non-hydrogen) atoms. The highest BCUT2D eigenvalue weighted by Gasteiger charge is 2.20. The Morgan fingerprint density at radius 1 is 1.18 bits per heavy atom. The third kappa shape index (κ3) is 4.54. The van der Waals surface area contributed by atoms with Gasteiger partial charge in [0.25, 0.3) is 11.1 Å². The Kier molecular flexibility index (Phi) is 6.68.